The molecule has 1 saturated heterocycles. The van der Waals surface area contributed by atoms with Crippen LogP contribution in [0.1, 0.15) is 78.7 Å². The van der Waals surface area contributed by atoms with E-state index >= 15 is 0 Å². The summed E-state index contributed by atoms with van der Waals surface area (Å²) in [6.45, 7) is 5.92. The van der Waals surface area contributed by atoms with E-state index in [1.807, 2.05) is 54.2 Å². The molecule has 6 heterocycles. The van der Waals surface area contributed by atoms with E-state index in [4.69, 9.17) is 16.6 Å². The minimum absolute atomic E-state index is 0.189. The lowest BCUT2D eigenvalue weighted by Crippen LogP contribution is -2.52. The Hall–Kier alpha value is -6.36. The summed E-state index contributed by atoms with van der Waals surface area (Å²) >= 11 is 7.82. The molecule has 9 rings (SSSR count). The summed E-state index contributed by atoms with van der Waals surface area (Å²) < 4.78 is 3.96. The van der Waals surface area contributed by atoms with Crippen molar-refractivity contribution in [3.63, 3.8) is 0 Å². The van der Waals surface area contributed by atoms with Gasteiger partial charge >= 0.3 is 0 Å². The number of nitrogens with one attached hydrogen (secondary N) is 2. The Balaban J connectivity index is 0.871. The molecule has 0 spiro atoms. The molecular formula is C42H34ClN9O3S. The molecule has 0 aliphatic carbocycles. The second kappa shape index (κ2) is 14.4. The second-order valence-corrected chi connectivity index (χ2v) is 15.4. The van der Waals surface area contributed by atoms with E-state index in [2.05, 4.69) is 73.5 Å². The Kier molecular flexibility index (Phi) is 9.07. The molecule has 3 aliphatic rings. The maximum Gasteiger partial charge on any atom is 0.255 e. The number of amides is 3. The molecule has 278 valence electrons. The molecular weight excluding hydrogens is 746 g/mol. The molecule has 0 bridgehead atoms. The maximum absolute atomic E-state index is 13.2. The SMILES string of the molecule is Cc1c(C#Cc2cnn(Cc3ccc(CNc4cccc5c4CN(C4CCC(=O)NC4=O)C5=O)cc3)c2)sc2c1C(c1ccc(Cl)cc1)=NCc1nnc(C)n1-2. The van der Waals surface area contributed by atoms with Crippen molar-refractivity contribution < 1.29 is 14.4 Å². The van der Waals surface area contributed by atoms with Crippen molar-refractivity contribution in [3.05, 3.63) is 145 Å². The Morgan fingerprint density at radius 1 is 0.982 bits per heavy atom. The predicted molar refractivity (Wildman–Crippen MR) is 213 cm³/mol. The fourth-order valence-electron chi connectivity index (χ4n) is 7.44. The van der Waals surface area contributed by atoms with Crippen molar-refractivity contribution in [3.8, 4) is 16.8 Å². The molecule has 0 radical (unpaired) electrons. The van der Waals surface area contributed by atoms with Gasteiger partial charge in [-0.15, -0.1) is 21.5 Å². The molecule has 3 aromatic carbocycles. The molecule has 2 N–H and O–H groups in total. The number of nitrogens with zero attached hydrogens (tertiary/aromatic N) is 7. The van der Waals surface area contributed by atoms with Crippen LogP contribution >= 0.6 is 22.9 Å². The van der Waals surface area contributed by atoms with Crippen molar-refractivity contribution in [2.75, 3.05) is 5.32 Å². The van der Waals surface area contributed by atoms with Gasteiger partial charge in [-0.3, -0.25) is 33.9 Å². The zero-order valence-corrected chi connectivity index (χ0v) is 32.0. The number of aliphatic imine (C=N–C) groups is 1. The van der Waals surface area contributed by atoms with Gasteiger partial charge in [0, 0.05) is 58.7 Å². The van der Waals surface area contributed by atoms with Crippen LogP contribution in [0.3, 0.4) is 0 Å². The van der Waals surface area contributed by atoms with Crippen molar-refractivity contribution in [1.82, 2.24) is 34.8 Å². The number of carbonyl (C=O) groups excluding carboxylic acids is 3. The third kappa shape index (κ3) is 6.56. The second-order valence-electron chi connectivity index (χ2n) is 14.0. The van der Waals surface area contributed by atoms with E-state index in [1.165, 1.54) is 0 Å². The van der Waals surface area contributed by atoms with Gasteiger partial charge in [0.15, 0.2) is 5.82 Å². The highest BCUT2D eigenvalue weighted by Gasteiger charge is 2.40. The van der Waals surface area contributed by atoms with Crippen LogP contribution in [-0.4, -0.2) is 58.9 Å². The highest BCUT2D eigenvalue weighted by Crippen LogP contribution is 2.37. The number of fused-ring (bicyclic) bond motifs is 4. The fourth-order valence-corrected chi connectivity index (χ4v) is 8.80. The highest BCUT2D eigenvalue weighted by atomic mass is 35.5. The molecule has 3 amide bonds. The first kappa shape index (κ1) is 35.3. The van der Waals surface area contributed by atoms with Gasteiger partial charge in [0.2, 0.25) is 11.8 Å². The molecule has 3 aliphatic heterocycles. The van der Waals surface area contributed by atoms with Crippen molar-refractivity contribution >= 4 is 52.1 Å². The van der Waals surface area contributed by atoms with Crippen LogP contribution in [0, 0.1) is 25.7 Å². The summed E-state index contributed by atoms with van der Waals surface area (Å²) in [5, 5.41) is 20.8. The van der Waals surface area contributed by atoms with Crippen LogP contribution in [-0.2, 0) is 35.8 Å². The number of rotatable bonds is 7. The molecule has 1 unspecified atom stereocenters. The number of imide groups is 1. The summed E-state index contributed by atoms with van der Waals surface area (Å²) in [5.41, 5.74) is 9.21. The lowest BCUT2D eigenvalue weighted by atomic mass is 10.00. The first-order valence-corrected chi connectivity index (χ1v) is 19.4. The van der Waals surface area contributed by atoms with Crippen LogP contribution in [0.5, 0.6) is 0 Å². The zero-order chi connectivity index (χ0) is 38.5. The van der Waals surface area contributed by atoms with Crippen molar-refractivity contribution in [2.24, 2.45) is 4.99 Å². The minimum Gasteiger partial charge on any atom is -0.381 e. The smallest absolute Gasteiger partial charge is 0.255 e. The van der Waals surface area contributed by atoms with E-state index in [9.17, 15) is 14.4 Å². The van der Waals surface area contributed by atoms with Gasteiger partial charge in [0.1, 0.15) is 23.4 Å². The number of piperidine rings is 1. The van der Waals surface area contributed by atoms with Crippen LogP contribution in [0.2, 0.25) is 5.02 Å². The molecule has 1 atom stereocenters. The highest BCUT2D eigenvalue weighted by molar-refractivity contribution is 7.15. The van der Waals surface area contributed by atoms with Gasteiger partial charge in [-0.2, -0.15) is 5.10 Å². The summed E-state index contributed by atoms with van der Waals surface area (Å²) in [4.78, 5) is 44.8. The normalized spacial score (nSPS) is 16.0. The molecule has 12 nitrogen and oxygen atoms in total. The lowest BCUT2D eigenvalue weighted by molar-refractivity contribution is -0.136. The van der Waals surface area contributed by atoms with Crippen molar-refractivity contribution in [2.45, 2.75) is 58.9 Å². The average Bonchev–Trinajstić information content (AvgIpc) is 3.94. The van der Waals surface area contributed by atoms with Gasteiger partial charge in [-0.1, -0.05) is 65.9 Å². The number of aryl methyl sites for hydroxylation is 1. The topological polar surface area (TPSA) is 139 Å². The first-order chi connectivity index (χ1) is 27.2. The van der Waals surface area contributed by atoms with Gasteiger partial charge in [-0.25, -0.2) is 0 Å². The monoisotopic (exact) mass is 779 g/mol. The fraction of sp³-hybridized carbons (Fsp3) is 0.214. The number of hydrogen-bond acceptors (Lipinski definition) is 9. The van der Waals surface area contributed by atoms with E-state index in [1.54, 1.807) is 28.5 Å². The Morgan fingerprint density at radius 2 is 1.79 bits per heavy atom. The molecule has 14 heteroatoms. The van der Waals surface area contributed by atoms with Gasteiger partial charge in [-0.05, 0) is 61.2 Å². The Morgan fingerprint density at radius 3 is 2.59 bits per heavy atom. The number of halogens is 1. The number of carbonyl (C=O) groups is 3. The number of thiophene rings is 1. The standard InChI is InChI=1S/C42H34ClN9O3S/c1-24-35(56-42-38(24)39(29-11-13-30(43)14-12-29)45-20-36-49-48-25(2)52(36)42)16-10-28-19-46-50(22-28)21-27-8-6-26(7-9-27)18-44-33-5-3-4-31-32(33)23-51(41(31)55)34-15-17-37(53)47-40(34)54/h3-9,11-14,19,22,34,44H,15,17-18,20-21,23H2,1-2H3,(H,47,53,54). The Bertz CT molecular complexity index is 2660. The molecule has 56 heavy (non-hydrogen) atoms. The summed E-state index contributed by atoms with van der Waals surface area (Å²) in [5.74, 6) is 7.43. The molecule has 1 fully saturated rings. The summed E-state index contributed by atoms with van der Waals surface area (Å²) in [6.07, 6.45) is 4.29. The Labute approximate surface area is 331 Å². The number of aromatic nitrogens is 5. The summed E-state index contributed by atoms with van der Waals surface area (Å²) in [6, 6.07) is 21.0. The molecule has 3 aromatic heterocycles. The van der Waals surface area contributed by atoms with E-state index in [-0.39, 0.29) is 18.2 Å². The largest absolute Gasteiger partial charge is 0.381 e. The van der Waals surface area contributed by atoms with Crippen LogP contribution in [0.4, 0.5) is 5.69 Å². The third-order valence-electron chi connectivity index (χ3n) is 10.3. The zero-order valence-electron chi connectivity index (χ0n) is 30.5. The number of benzene rings is 3. The van der Waals surface area contributed by atoms with Crippen LogP contribution in [0.25, 0.3) is 5.00 Å². The third-order valence-corrected chi connectivity index (χ3v) is 11.8. The van der Waals surface area contributed by atoms with Crippen LogP contribution < -0.4 is 10.6 Å². The van der Waals surface area contributed by atoms with E-state index in [0.29, 0.717) is 43.2 Å². The van der Waals surface area contributed by atoms with E-state index < -0.39 is 11.9 Å². The van der Waals surface area contributed by atoms with Crippen molar-refractivity contribution in [1.29, 1.82) is 0 Å². The van der Waals surface area contributed by atoms with Gasteiger partial charge in [0.05, 0.1) is 28.9 Å². The number of hydrogen-bond donors (Lipinski definition) is 2. The van der Waals surface area contributed by atoms with Crippen LogP contribution in [0.15, 0.2) is 84.1 Å². The molecule has 6 aromatic rings. The molecule has 0 saturated carbocycles. The summed E-state index contributed by atoms with van der Waals surface area (Å²) in [7, 11) is 0. The first-order valence-electron chi connectivity index (χ1n) is 18.2. The predicted octanol–water partition coefficient (Wildman–Crippen LogP) is 5.97. The number of anilines is 1. The minimum atomic E-state index is -0.647. The quantitative estimate of drug-likeness (QED) is 0.151. The van der Waals surface area contributed by atoms with E-state index in [0.717, 1.165) is 71.9 Å². The average molecular weight is 780 g/mol. The maximum atomic E-state index is 13.2. The van der Waals surface area contributed by atoms with Gasteiger partial charge in [0.25, 0.3) is 5.91 Å². The van der Waals surface area contributed by atoms with Gasteiger partial charge < -0.3 is 10.2 Å². The lowest BCUT2D eigenvalue weighted by Gasteiger charge is -2.29.